The molecule has 0 aliphatic carbocycles. The van der Waals surface area contributed by atoms with Gasteiger partial charge in [-0.1, -0.05) is 23.7 Å². The van der Waals surface area contributed by atoms with Crippen LogP contribution in [0, 0.1) is 0 Å². The van der Waals surface area contributed by atoms with Crippen molar-refractivity contribution in [3.8, 4) is 17.1 Å². The normalized spacial score (nSPS) is 12.0. The molecule has 2 heterocycles. The number of alkyl halides is 3. The quantitative estimate of drug-likeness (QED) is 0.302. The number of nitrogens with zero attached hydrogens (tertiary/aromatic N) is 4. The zero-order chi connectivity index (χ0) is 24.5. The van der Waals surface area contributed by atoms with Crippen molar-refractivity contribution in [2.24, 2.45) is 0 Å². The van der Waals surface area contributed by atoms with E-state index < -0.39 is 12.7 Å². The Balaban J connectivity index is 1.62. The van der Waals surface area contributed by atoms with Gasteiger partial charge in [-0.2, -0.15) is 23.3 Å². The maximum absolute atomic E-state index is 12.4. The van der Waals surface area contributed by atoms with Crippen LogP contribution in [0.3, 0.4) is 0 Å². The number of nitrogens with one attached hydrogen (secondary N) is 3. The van der Waals surface area contributed by atoms with Crippen LogP contribution in [0.2, 0.25) is 5.02 Å². The lowest BCUT2D eigenvalue weighted by Crippen LogP contribution is -2.28. The second kappa shape index (κ2) is 9.51. The second-order valence-electron chi connectivity index (χ2n) is 7.93. The van der Waals surface area contributed by atoms with E-state index in [1.54, 1.807) is 29.1 Å². The molecule has 12 heteroatoms. The number of methoxy groups -OCH3 is 1. The highest BCUT2D eigenvalue weighted by molar-refractivity contribution is 6.38. The van der Waals surface area contributed by atoms with Crippen LogP contribution in [0.1, 0.15) is 25.5 Å². The number of fused-ring (bicyclic) bond motifs is 1. The number of rotatable bonds is 8. The van der Waals surface area contributed by atoms with E-state index in [0.29, 0.717) is 39.4 Å². The molecule has 0 aliphatic rings. The molecule has 4 rings (SSSR count). The Morgan fingerprint density at radius 2 is 2.00 bits per heavy atom. The Morgan fingerprint density at radius 3 is 2.71 bits per heavy atom. The van der Waals surface area contributed by atoms with Crippen LogP contribution in [-0.4, -0.2) is 44.8 Å². The van der Waals surface area contributed by atoms with Crippen LogP contribution >= 0.6 is 11.6 Å². The zero-order valence-corrected chi connectivity index (χ0v) is 19.4. The van der Waals surface area contributed by atoms with Gasteiger partial charge in [0.25, 0.3) is 0 Å². The first-order valence-corrected chi connectivity index (χ1v) is 10.8. The molecule has 0 radical (unpaired) electrons. The Hall–Kier alpha value is -3.31. The summed E-state index contributed by atoms with van der Waals surface area (Å²) in [7, 11) is 1.47. The fourth-order valence-electron chi connectivity index (χ4n) is 3.46. The van der Waals surface area contributed by atoms with Crippen molar-refractivity contribution in [1.82, 2.24) is 30.3 Å². The van der Waals surface area contributed by atoms with Gasteiger partial charge in [0.15, 0.2) is 5.82 Å². The first kappa shape index (κ1) is 23.8. The monoisotopic (exact) mass is 493 g/mol. The van der Waals surface area contributed by atoms with E-state index in [2.05, 4.69) is 30.9 Å². The predicted octanol–water partition coefficient (Wildman–Crippen LogP) is 5.46. The van der Waals surface area contributed by atoms with Crippen molar-refractivity contribution >= 4 is 34.1 Å². The van der Waals surface area contributed by atoms with Gasteiger partial charge in [-0.05, 0) is 32.0 Å². The summed E-state index contributed by atoms with van der Waals surface area (Å²) in [5.74, 6) is 1.37. The third kappa shape index (κ3) is 5.10. The summed E-state index contributed by atoms with van der Waals surface area (Å²) >= 11 is 6.54. The van der Waals surface area contributed by atoms with Gasteiger partial charge in [0.1, 0.15) is 5.75 Å². The van der Waals surface area contributed by atoms with Crippen LogP contribution in [-0.2, 0) is 6.54 Å². The molecule has 0 unspecified atom stereocenters. The van der Waals surface area contributed by atoms with E-state index in [4.69, 9.17) is 16.3 Å². The van der Waals surface area contributed by atoms with Gasteiger partial charge in [0.2, 0.25) is 5.95 Å². The summed E-state index contributed by atoms with van der Waals surface area (Å²) < 4.78 is 44.5. The lowest BCUT2D eigenvalue weighted by molar-refractivity contribution is -0.125. The molecule has 2 aromatic heterocycles. The summed E-state index contributed by atoms with van der Waals surface area (Å²) in [6.07, 6.45) is -2.63. The molecule has 0 amide bonds. The fraction of sp³-hybridized carbons (Fsp3) is 0.318. The SMILES string of the molecule is COc1cc(-c2nc(Nc3ccc4[nH]ncc4c3Cl)n(C(C)C)n2)ccc1CNCC(F)(F)F. The summed E-state index contributed by atoms with van der Waals surface area (Å²) in [5, 5.41) is 18.4. The molecule has 8 nitrogen and oxygen atoms in total. The Kier molecular flexibility index (Phi) is 6.67. The molecule has 0 aliphatic heterocycles. The second-order valence-corrected chi connectivity index (χ2v) is 8.30. The fourth-order valence-corrected chi connectivity index (χ4v) is 3.72. The standard InChI is InChI=1S/C22H23ClF3N7O/c1-12(2)33-21(29-17-7-6-16-15(19(17)23)10-28-31-16)30-20(32-33)13-4-5-14(18(8-13)34-3)9-27-11-22(24,25)26/h4-8,10,12,27H,9,11H2,1-3H3,(H,28,31)(H,29,30,32). The minimum atomic E-state index is -4.28. The number of ether oxygens (including phenoxy) is 1. The molecule has 34 heavy (non-hydrogen) atoms. The molecular weight excluding hydrogens is 471 g/mol. The predicted molar refractivity (Wildman–Crippen MR) is 125 cm³/mol. The molecule has 2 aromatic carbocycles. The summed E-state index contributed by atoms with van der Waals surface area (Å²) in [6, 6.07) is 8.84. The number of hydrogen-bond acceptors (Lipinski definition) is 6. The number of halogens is 4. The van der Waals surface area contributed by atoms with Gasteiger partial charge >= 0.3 is 6.18 Å². The van der Waals surface area contributed by atoms with Gasteiger partial charge in [-0.15, -0.1) is 5.10 Å². The van der Waals surface area contributed by atoms with Crippen molar-refractivity contribution in [3.05, 3.63) is 47.1 Å². The van der Waals surface area contributed by atoms with E-state index in [1.807, 2.05) is 26.0 Å². The average molecular weight is 494 g/mol. The van der Waals surface area contributed by atoms with Crippen LogP contribution in [0.4, 0.5) is 24.8 Å². The molecule has 180 valence electrons. The van der Waals surface area contributed by atoms with Crippen molar-refractivity contribution in [2.75, 3.05) is 19.0 Å². The molecular formula is C22H23ClF3N7O. The summed E-state index contributed by atoms with van der Waals surface area (Å²) in [5.41, 5.74) is 2.73. The molecule has 4 aromatic rings. The highest BCUT2D eigenvalue weighted by Crippen LogP contribution is 2.33. The average Bonchev–Trinajstić information content (AvgIpc) is 3.43. The minimum Gasteiger partial charge on any atom is -0.496 e. The maximum Gasteiger partial charge on any atom is 0.401 e. The van der Waals surface area contributed by atoms with Crippen molar-refractivity contribution in [2.45, 2.75) is 32.6 Å². The van der Waals surface area contributed by atoms with E-state index in [0.717, 1.165) is 10.9 Å². The van der Waals surface area contributed by atoms with Crippen LogP contribution in [0.15, 0.2) is 36.5 Å². The van der Waals surface area contributed by atoms with Crippen molar-refractivity contribution in [1.29, 1.82) is 0 Å². The summed E-state index contributed by atoms with van der Waals surface area (Å²) in [6.45, 7) is 2.88. The molecule has 0 bridgehead atoms. The lowest BCUT2D eigenvalue weighted by Gasteiger charge is -2.12. The molecule has 0 saturated carbocycles. The first-order chi connectivity index (χ1) is 16.2. The molecule has 0 saturated heterocycles. The number of aromatic amines is 1. The largest absolute Gasteiger partial charge is 0.496 e. The van der Waals surface area contributed by atoms with Gasteiger partial charge in [-0.3, -0.25) is 5.10 Å². The Bertz CT molecular complexity index is 1300. The number of aromatic nitrogens is 5. The minimum absolute atomic E-state index is 0.00656. The van der Waals surface area contributed by atoms with E-state index in [-0.39, 0.29) is 12.6 Å². The number of hydrogen-bond donors (Lipinski definition) is 3. The zero-order valence-electron chi connectivity index (χ0n) is 18.7. The lowest BCUT2D eigenvalue weighted by atomic mass is 10.1. The number of H-pyrrole nitrogens is 1. The molecule has 0 fully saturated rings. The molecule has 3 N–H and O–H groups in total. The smallest absolute Gasteiger partial charge is 0.401 e. The third-order valence-electron chi connectivity index (χ3n) is 5.11. The Morgan fingerprint density at radius 1 is 1.21 bits per heavy atom. The summed E-state index contributed by atoms with van der Waals surface area (Å²) in [4.78, 5) is 4.64. The highest BCUT2D eigenvalue weighted by atomic mass is 35.5. The topological polar surface area (TPSA) is 92.7 Å². The van der Waals surface area contributed by atoms with Crippen molar-refractivity contribution < 1.29 is 17.9 Å². The van der Waals surface area contributed by atoms with Crippen molar-refractivity contribution in [3.63, 3.8) is 0 Å². The highest BCUT2D eigenvalue weighted by Gasteiger charge is 2.26. The van der Waals surface area contributed by atoms with E-state index in [1.165, 1.54) is 7.11 Å². The number of benzene rings is 2. The maximum atomic E-state index is 12.4. The molecule has 0 spiro atoms. The molecule has 0 atom stereocenters. The van der Waals surface area contributed by atoms with Crippen LogP contribution in [0.25, 0.3) is 22.3 Å². The number of anilines is 2. The van der Waals surface area contributed by atoms with Gasteiger partial charge < -0.3 is 15.4 Å². The van der Waals surface area contributed by atoms with Gasteiger partial charge in [0, 0.05) is 23.1 Å². The van der Waals surface area contributed by atoms with Crippen LogP contribution in [0.5, 0.6) is 5.75 Å². The van der Waals surface area contributed by atoms with E-state index in [9.17, 15) is 13.2 Å². The first-order valence-electron chi connectivity index (χ1n) is 10.5. The van der Waals surface area contributed by atoms with E-state index >= 15 is 0 Å². The van der Waals surface area contributed by atoms with Gasteiger partial charge in [-0.25, -0.2) is 4.68 Å². The van der Waals surface area contributed by atoms with Crippen LogP contribution < -0.4 is 15.4 Å². The Labute approximate surface area is 198 Å². The van der Waals surface area contributed by atoms with Gasteiger partial charge in [0.05, 0.1) is 42.1 Å². The third-order valence-corrected chi connectivity index (χ3v) is 5.52.